The van der Waals surface area contributed by atoms with E-state index in [1.165, 1.54) is 0 Å². The number of aliphatic hydroxyl groups is 1. The van der Waals surface area contributed by atoms with E-state index < -0.39 is 18.3 Å². The molecule has 0 heterocycles. The predicted octanol–water partition coefficient (Wildman–Crippen LogP) is -1.57. The summed E-state index contributed by atoms with van der Waals surface area (Å²) < 4.78 is 0. The molecule has 2 unspecified atom stereocenters. The lowest BCUT2D eigenvalue weighted by Gasteiger charge is -2.18. The summed E-state index contributed by atoms with van der Waals surface area (Å²) in [4.78, 5) is 10.3. The maximum Gasteiger partial charge on any atom is 0.314 e. The molecule has 0 spiro atoms. The number of carbonyl (C=O) groups is 1. The van der Waals surface area contributed by atoms with Gasteiger partial charge in [-0.3, -0.25) is 0 Å². The van der Waals surface area contributed by atoms with Crippen LogP contribution in [0.25, 0.3) is 0 Å². The second kappa shape index (κ2) is 6.64. The topological polar surface area (TPSA) is 127 Å². The standard InChI is InChI=1S/C7H18N4O2/c8-4-2-1-3-5(9)6(12)11-7(10)13/h5-6,12H,1-4,8-9H2,(H3,10,11,13). The number of primary amides is 1. The van der Waals surface area contributed by atoms with Crippen LogP contribution in [0.1, 0.15) is 19.3 Å². The fourth-order valence-corrected chi connectivity index (χ4v) is 0.935. The van der Waals surface area contributed by atoms with Crippen LogP contribution in [0.2, 0.25) is 0 Å². The van der Waals surface area contributed by atoms with Crippen LogP contribution in [-0.2, 0) is 0 Å². The van der Waals surface area contributed by atoms with E-state index in [0.717, 1.165) is 12.8 Å². The van der Waals surface area contributed by atoms with Gasteiger partial charge in [0, 0.05) is 6.04 Å². The predicted molar refractivity (Wildman–Crippen MR) is 49.6 cm³/mol. The van der Waals surface area contributed by atoms with Gasteiger partial charge in [-0.2, -0.15) is 0 Å². The summed E-state index contributed by atoms with van der Waals surface area (Å²) in [5.41, 5.74) is 15.6. The third-order valence-corrected chi connectivity index (χ3v) is 1.69. The molecule has 0 rings (SSSR count). The molecule has 0 radical (unpaired) electrons. The van der Waals surface area contributed by atoms with Crippen LogP contribution in [-0.4, -0.2) is 30.0 Å². The number of aliphatic hydroxyl groups excluding tert-OH is 1. The van der Waals surface area contributed by atoms with Crippen molar-refractivity contribution in [1.29, 1.82) is 0 Å². The Labute approximate surface area is 77.5 Å². The number of amides is 2. The van der Waals surface area contributed by atoms with Crippen molar-refractivity contribution >= 4 is 6.03 Å². The van der Waals surface area contributed by atoms with E-state index in [-0.39, 0.29) is 0 Å². The molecule has 0 aromatic rings. The minimum absolute atomic E-state index is 0.487. The fourth-order valence-electron chi connectivity index (χ4n) is 0.935. The van der Waals surface area contributed by atoms with E-state index in [1.54, 1.807) is 0 Å². The van der Waals surface area contributed by atoms with E-state index in [0.29, 0.717) is 13.0 Å². The van der Waals surface area contributed by atoms with Crippen molar-refractivity contribution in [3.63, 3.8) is 0 Å². The first-order valence-electron chi connectivity index (χ1n) is 4.27. The Bertz CT molecular complexity index is 153. The highest BCUT2D eigenvalue weighted by Crippen LogP contribution is 2.00. The highest BCUT2D eigenvalue weighted by molar-refractivity contribution is 5.71. The Balaban J connectivity index is 3.56. The van der Waals surface area contributed by atoms with Crippen LogP contribution in [0.15, 0.2) is 0 Å². The zero-order valence-electron chi connectivity index (χ0n) is 7.57. The summed E-state index contributed by atoms with van der Waals surface area (Å²) >= 11 is 0. The molecule has 0 aliphatic rings. The van der Waals surface area contributed by atoms with Gasteiger partial charge in [-0.25, -0.2) is 4.79 Å². The number of nitrogens with one attached hydrogen (secondary N) is 1. The average molecular weight is 190 g/mol. The van der Waals surface area contributed by atoms with Gasteiger partial charge >= 0.3 is 6.03 Å². The molecule has 0 aromatic carbocycles. The van der Waals surface area contributed by atoms with Gasteiger partial charge in [-0.05, 0) is 19.4 Å². The van der Waals surface area contributed by atoms with Crippen molar-refractivity contribution in [2.45, 2.75) is 31.5 Å². The van der Waals surface area contributed by atoms with Crippen molar-refractivity contribution in [3.8, 4) is 0 Å². The van der Waals surface area contributed by atoms with Crippen molar-refractivity contribution in [2.75, 3.05) is 6.54 Å². The van der Waals surface area contributed by atoms with Gasteiger partial charge < -0.3 is 27.6 Å². The number of nitrogens with two attached hydrogens (primary N) is 3. The minimum atomic E-state index is -1.07. The van der Waals surface area contributed by atoms with Gasteiger partial charge in [0.05, 0.1) is 0 Å². The molecular formula is C7H18N4O2. The molecule has 0 saturated heterocycles. The Kier molecular flexibility index (Phi) is 6.21. The summed E-state index contributed by atoms with van der Waals surface area (Å²) in [6.07, 6.45) is 1.22. The number of unbranched alkanes of at least 4 members (excludes halogenated alkanes) is 1. The molecule has 0 aromatic heterocycles. The molecule has 8 N–H and O–H groups in total. The Hall–Kier alpha value is -0.850. The van der Waals surface area contributed by atoms with E-state index in [4.69, 9.17) is 17.2 Å². The molecule has 0 saturated carbocycles. The summed E-state index contributed by atoms with van der Waals surface area (Å²) in [6.45, 7) is 0.603. The highest BCUT2D eigenvalue weighted by atomic mass is 16.3. The van der Waals surface area contributed by atoms with Crippen LogP contribution in [0, 0.1) is 0 Å². The first-order chi connectivity index (χ1) is 6.07. The fraction of sp³-hybridized carbons (Fsp3) is 0.857. The maximum atomic E-state index is 10.3. The Morgan fingerprint density at radius 1 is 1.46 bits per heavy atom. The van der Waals surface area contributed by atoms with Gasteiger partial charge in [0.15, 0.2) is 0 Å². The number of urea groups is 1. The van der Waals surface area contributed by atoms with Crippen molar-refractivity contribution in [2.24, 2.45) is 17.2 Å². The molecule has 78 valence electrons. The second-order valence-electron chi connectivity index (χ2n) is 2.90. The lowest BCUT2D eigenvalue weighted by molar-refractivity contribution is 0.113. The number of hydrogen-bond donors (Lipinski definition) is 5. The smallest absolute Gasteiger partial charge is 0.314 e. The van der Waals surface area contributed by atoms with Crippen LogP contribution in [0.4, 0.5) is 4.79 Å². The van der Waals surface area contributed by atoms with Gasteiger partial charge in [0.1, 0.15) is 6.23 Å². The first-order valence-corrected chi connectivity index (χ1v) is 4.27. The van der Waals surface area contributed by atoms with Gasteiger partial charge in [0.25, 0.3) is 0 Å². The molecule has 13 heavy (non-hydrogen) atoms. The molecule has 2 atom stereocenters. The number of carbonyl (C=O) groups excluding carboxylic acids is 1. The van der Waals surface area contributed by atoms with Crippen LogP contribution in [0.3, 0.4) is 0 Å². The van der Waals surface area contributed by atoms with E-state index in [9.17, 15) is 9.90 Å². The van der Waals surface area contributed by atoms with E-state index >= 15 is 0 Å². The van der Waals surface area contributed by atoms with Crippen molar-refractivity contribution < 1.29 is 9.90 Å². The quantitative estimate of drug-likeness (QED) is 0.256. The van der Waals surface area contributed by atoms with Gasteiger partial charge in [0.2, 0.25) is 0 Å². The molecule has 6 heteroatoms. The Morgan fingerprint density at radius 3 is 2.54 bits per heavy atom. The lowest BCUT2D eigenvalue weighted by atomic mass is 10.1. The minimum Gasteiger partial charge on any atom is -0.372 e. The monoisotopic (exact) mass is 190 g/mol. The van der Waals surface area contributed by atoms with E-state index in [1.807, 2.05) is 0 Å². The normalized spacial score (nSPS) is 15.0. The Morgan fingerprint density at radius 2 is 2.08 bits per heavy atom. The van der Waals surface area contributed by atoms with Crippen LogP contribution < -0.4 is 22.5 Å². The zero-order chi connectivity index (χ0) is 10.3. The van der Waals surface area contributed by atoms with Gasteiger partial charge in [-0.1, -0.05) is 6.42 Å². The average Bonchev–Trinajstić information content (AvgIpc) is 2.03. The first kappa shape index (κ1) is 12.2. The molecule has 2 amide bonds. The zero-order valence-corrected chi connectivity index (χ0v) is 7.57. The van der Waals surface area contributed by atoms with Crippen molar-refractivity contribution in [3.05, 3.63) is 0 Å². The maximum absolute atomic E-state index is 10.3. The number of rotatable bonds is 6. The van der Waals surface area contributed by atoms with Crippen LogP contribution in [0.5, 0.6) is 0 Å². The summed E-state index contributed by atoms with van der Waals surface area (Å²) in [5, 5.41) is 11.3. The van der Waals surface area contributed by atoms with Crippen LogP contribution >= 0.6 is 0 Å². The lowest BCUT2D eigenvalue weighted by Crippen LogP contribution is -2.49. The third-order valence-electron chi connectivity index (χ3n) is 1.69. The molecule has 0 bridgehead atoms. The third kappa shape index (κ3) is 6.32. The molecule has 0 aliphatic heterocycles. The summed E-state index contributed by atoms with van der Waals surface area (Å²) in [5.74, 6) is 0. The summed E-state index contributed by atoms with van der Waals surface area (Å²) in [7, 11) is 0. The van der Waals surface area contributed by atoms with E-state index in [2.05, 4.69) is 5.32 Å². The molecule has 6 nitrogen and oxygen atoms in total. The SMILES string of the molecule is NCCCCC(N)C(O)NC(N)=O. The largest absolute Gasteiger partial charge is 0.372 e. The molecular weight excluding hydrogens is 172 g/mol. The van der Waals surface area contributed by atoms with Crippen molar-refractivity contribution in [1.82, 2.24) is 5.32 Å². The van der Waals surface area contributed by atoms with Gasteiger partial charge in [-0.15, -0.1) is 0 Å². The second-order valence-corrected chi connectivity index (χ2v) is 2.90. The molecule has 0 fully saturated rings. The summed E-state index contributed by atoms with van der Waals surface area (Å²) in [6, 6.07) is -1.26. The number of hydrogen-bond acceptors (Lipinski definition) is 4. The molecule has 0 aliphatic carbocycles. The highest BCUT2D eigenvalue weighted by Gasteiger charge is 2.14.